The van der Waals surface area contributed by atoms with Gasteiger partial charge >= 0.3 is 6.09 Å². The number of aromatic nitrogens is 1. The van der Waals surface area contributed by atoms with Crippen LogP contribution < -0.4 is 5.32 Å². The van der Waals surface area contributed by atoms with Gasteiger partial charge in [0.2, 0.25) is 5.91 Å². The number of hydrogen-bond acceptors (Lipinski definition) is 5. The number of aromatic amines is 1. The fraction of sp³-hybridized carbons (Fsp3) is 0.542. The second kappa shape index (κ2) is 9.05. The van der Waals surface area contributed by atoms with Crippen molar-refractivity contribution in [3.05, 3.63) is 36.0 Å². The number of para-hydroxylation sites is 1. The topological polar surface area (TPSA) is 104 Å². The molecule has 9 nitrogen and oxygen atoms in total. The minimum absolute atomic E-state index is 0.0470. The van der Waals surface area contributed by atoms with Crippen LogP contribution in [0.2, 0.25) is 0 Å². The number of benzene rings is 1. The molecule has 0 bridgehead atoms. The van der Waals surface area contributed by atoms with E-state index in [1.165, 1.54) is 7.05 Å². The molecule has 33 heavy (non-hydrogen) atoms. The van der Waals surface area contributed by atoms with Crippen molar-refractivity contribution in [2.45, 2.75) is 57.5 Å². The fourth-order valence-corrected chi connectivity index (χ4v) is 4.54. The molecule has 2 aliphatic heterocycles. The summed E-state index contributed by atoms with van der Waals surface area (Å²) >= 11 is 0. The van der Waals surface area contributed by atoms with Gasteiger partial charge in [0.25, 0.3) is 5.91 Å². The van der Waals surface area contributed by atoms with Gasteiger partial charge in [-0.1, -0.05) is 18.2 Å². The Morgan fingerprint density at radius 1 is 1.24 bits per heavy atom. The summed E-state index contributed by atoms with van der Waals surface area (Å²) in [6.07, 6.45) is 0.914. The number of rotatable bonds is 5. The van der Waals surface area contributed by atoms with Crippen molar-refractivity contribution in [1.82, 2.24) is 20.1 Å². The van der Waals surface area contributed by atoms with Gasteiger partial charge < -0.3 is 29.6 Å². The highest BCUT2D eigenvalue weighted by molar-refractivity contribution is 5.88. The lowest BCUT2D eigenvalue weighted by atomic mass is 10.0. The third-order valence-electron chi connectivity index (χ3n) is 6.13. The third-order valence-corrected chi connectivity index (χ3v) is 6.13. The average Bonchev–Trinajstić information content (AvgIpc) is 3.37. The predicted molar refractivity (Wildman–Crippen MR) is 123 cm³/mol. The first-order valence-electron chi connectivity index (χ1n) is 11.4. The number of H-pyrrole nitrogens is 1. The van der Waals surface area contributed by atoms with Crippen LogP contribution in [0.15, 0.2) is 30.5 Å². The number of likely N-dealkylation sites (tertiary alicyclic amines) is 1. The molecule has 0 saturated carbocycles. The van der Waals surface area contributed by atoms with Gasteiger partial charge in [-0.2, -0.15) is 0 Å². The van der Waals surface area contributed by atoms with Gasteiger partial charge in [0, 0.05) is 37.2 Å². The first-order valence-corrected chi connectivity index (χ1v) is 11.4. The van der Waals surface area contributed by atoms with Gasteiger partial charge in [-0.15, -0.1) is 0 Å². The van der Waals surface area contributed by atoms with Crippen LogP contribution >= 0.6 is 0 Å². The molecule has 2 fully saturated rings. The van der Waals surface area contributed by atoms with E-state index in [-0.39, 0.29) is 30.4 Å². The summed E-state index contributed by atoms with van der Waals surface area (Å²) in [7, 11) is 1.53. The molecular weight excluding hydrogens is 424 g/mol. The lowest BCUT2D eigenvalue weighted by molar-refractivity contribution is -0.169. The standard InChI is InChI=1S/C24H32N4O5/c1-24(2,3)33-23(31)27-13-18-20(14-27)32-19(11-21(29)25-4)22(30)28(18)10-9-15-12-26-17-8-6-5-7-16(15)17/h5-8,12,18-20,26H,9-11,13-14H2,1-4H3,(H,25,29). The summed E-state index contributed by atoms with van der Waals surface area (Å²) in [6, 6.07) is 7.76. The molecule has 0 spiro atoms. The maximum absolute atomic E-state index is 13.3. The van der Waals surface area contributed by atoms with Gasteiger partial charge in [-0.25, -0.2) is 4.79 Å². The zero-order chi connectivity index (χ0) is 23.8. The maximum Gasteiger partial charge on any atom is 0.410 e. The van der Waals surface area contributed by atoms with Crippen molar-refractivity contribution < 1.29 is 23.9 Å². The van der Waals surface area contributed by atoms with Crippen LogP contribution in [-0.4, -0.2) is 83.2 Å². The Kier molecular flexibility index (Phi) is 6.34. The summed E-state index contributed by atoms with van der Waals surface area (Å²) in [5.74, 6) is -0.476. The van der Waals surface area contributed by atoms with E-state index in [0.29, 0.717) is 26.1 Å². The van der Waals surface area contributed by atoms with Gasteiger partial charge in [0.15, 0.2) is 0 Å². The molecule has 1 aromatic carbocycles. The Bertz CT molecular complexity index is 1040. The summed E-state index contributed by atoms with van der Waals surface area (Å²) in [5.41, 5.74) is 1.55. The van der Waals surface area contributed by atoms with E-state index < -0.39 is 17.8 Å². The van der Waals surface area contributed by atoms with E-state index in [4.69, 9.17) is 9.47 Å². The maximum atomic E-state index is 13.3. The lowest BCUT2D eigenvalue weighted by Crippen LogP contribution is -2.59. The van der Waals surface area contributed by atoms with Crippen LogP contribution in [0.1, 0.15) is 32.8 Å². The monoisotopic (exact) mass is 456 g/mol. The molecular formula is C24H32N4O5. The normalized spacial score (nSPS) is 23.0. The van der Waals surface area contributed by atoms with Crippen LogP contribution in [-0.2, 0) is 25.5 Å². The van der Waals surface area contributed by atoms with Gasteiger partial charge in [0.1, 0.15) is 11.7 Å². The third kappa shape index (κ3) is 4.98. The number of morpholine rings is 1. The van der Waals surface area contributed by atoms with Crippen LogP contribution in [0.3, 0.4) is 0 Å². The molecule has 9 heteroatoms. The molecule has 3 atom stereocenters. The first kappa shape index (κ1) is 23.1. The molecule has 2 aliphatic rings. The molecule has 2 aromatic rings. The number of nitrogens with zero attached hydrogens (tertiary/aromatic N) is 2. The number of carbonyl (C=O) groups is 3. The van der Waals surface area contributed by atoms with Crippen molar-refractivity contribution in [1.29, 1.82) is 0 Å². The van der Waals surface area contributed by atoms with E-state index in [2.05, 4.69) is 16.4 Å². The van der Waals surface area contributed by atoms with Crippen molar-refractivity contribution in [2.75, 3.05) is 26.7 Å². The Morgan fingerprint density at radius 2 is 2.00 bits per heavy atom. The van der Waals surface area contributed by atoms with Crippen LogP contribution in [0.5, 0.6) is 0 Å². The van der Waals surface area contributed by atoms with Crippen molar-refractivity contribution in [3.8, 4) is 0 Å². The largest absolute Gasteiger partial charge is 0.444 e. The molecule has 4 rings (SSSR count). The van der Waals surface area contributed by atoms with E-state index >= 15 is 0 Å². The molecule has 0 radical (unpaired) electrons. The van der Waals surface area contributed by atoms with Crippen molar-refractivity contribution in [2.24, 2.45) is 0 Å². The van der Waals surface area contributed by atoms with E-state index in [1.807, 2.05) is 45.2 Å². The highest BCUT2D eigenvalue weighted by atomic mass is 16.6. The van der Waals surface area contributed by atoms with Crippen LogP contribution in [0.4, 0.5) is 4.79 Å². The Hall–Kier alpha value is -3.07. The summed E-state index contributed by atoms with van der Waals surface area (Å²) in [4.78, 5) is 44.6. The van der Waals surface area contributed by atoms with E-state index in [1.54, 1.807) is 9.80 Å². The molecule has 2 N–H and O–H groups in total. The summed E-state index contributed by atoms with van der Waals surface area (Å²) in [6.45, 7) is 6.59. The molecule has 178 valence electrons. The van der Waals surface area contributed by atoms with E-state index in [0.717, 1.165) is 16.5 Å². The SMILES string of the molecule is CNC(=O)CC1OC2CN(C(=O)OC(C)(C)C)CC2N(CCc2c[nH]c3ccccc23)C1=O. The second-order valence-corrected chi connectivity index (χ2v) is 9.63. The number of fused-ring (bicyclic) bond motifs is 2. The number of carbonyl (C=O) groups excluding carboxylic acids is 3. The van der Waals surface area contributed by atoms with Crippen molar-refractivity contribution in [3.63, 3.8) is 0 Å². The van der Waals surface area contributed by atoms with Gasteiger partial charge in [-0.05, 0) is 38.8 Å². The Labute approximate surface area is 193 Å². The lowest BCUT2D eigenvalue weighted by Gasteiger charge is -2.40. The highest BCUT2D eigenvalue weighted by Crippen LogP contribution is 2.29. The zero-order valence-electron chi connectivity index (χ0n) is 19.6. The predicted octanol–water partition coefficient (Wildman–Crippen LogP) is 2.06. The smallest absolute Gasteiger partial charge is 0.410 e. The minimum Gasteiger partial charge on any atom is -0.444 e. The number of hydrogen-bond donors (Lipinski definition) is 2. The zero-order valence-corrected chi connectivity index (χ0v) is 19.6. The molecule has 3 heterocycles. The Morgan fingerprint density at radius 3 is 2.73 bits per heavy atom. The van der Waals surface area contributed by atoms with Crippen molar-refractivity contribution >= 4 is 28.8 Å². The molecule has 2 saturated heterocycles. The summed E-state index contributed by atoms with van der Waals surface area (Å²) < 4.78 is 11.6. The molecule has 0 aliphatic carbocycles. The van der Waals surface area contributed by atoms with Gasteiger partial charge in [0.05, 0.1) is 25.1 Å². The quantitative estimate of drug-likeness (QED) is 0.717. The van der Waals surface area contributed by atoms with E-state index in [9.17, 15) is 14.4 Å². The summed E-state index contributed by atoms with van der Waals surface area (Å²) in [5, 5.41) is 3.68. The van der Waals surface area contributed by atoms with Crippen LogP contribution in [0, 0.1) is 0 Å². The Balaban J connectivity index is 1.53. The molecule has 1 aromatic heterocycles. The minimum atomic E-state index is -0.868. The average molecular weight is 457 g/mol. The second-order valence-electron chi connectivity index (χ2n) is 9.63. The molecule has 3 amide bonds. The first-order chi connectivity index (χ1) is 15.7. The molecule has 3 unspecified atom stereocenters. The number of ether oxygens (including phenoxy) is 2. The van der Waals surface area contributed by atoms with Crippen LogP contribution in [0.25, 0.3) is 10.9 Å². The fourth-order valence-electron chi connectivity index (χ4n) is 4.54. The number of nitrogens with one attached hydrogen (secondary N) is 2. The highest BCUT2D eigenvalue weighted by Gasteiger charge is 2.49. The number of amides is 3. The van der Waals surface area contributed by atoms with Gasteiger partial charge in [-0.3, -0.25) is 9.59 Å².